The highest BCUT2D eigenvalue weighted by Crippen LogP contribution is 2.31. The fourth-order valence-electron chi connectivity index (χ4n) is 2.41. The predicted molar refractivity (Wildman–Crippen MR) is 87.4 cm³/mol. The fourth-order valence-corrected chi connectivity index (χ4v) is 2.41. The molecule has 0 aliphatic carbocycles. The lowest BCUT2D eigenvalue weighted by molar-refractivity contribution is -0.385. The first-order valence-corrected chi connectivity index (χ1v) is 7.09. The summed E-state index contributed by atoms with van der Waals surface area (Å²) in [6.45, 7) is 8.12. The van der Waals surface area contributed by atoms with Crippen molar-refractivity contribution in [2.45, 2.75) is 33.1 Å². The average Bonchev–Trinajstić information content (AvgIpc) is 2.45. The van der Waals surface area contributed by atoms with Crippen LogP contribution in [0.1, 0.15) is 42.3 Å². The van der Waals surface area contributed by atoms with Crippen LogP contribution in [0.2, 0.25) is 0 Å². The topological polar surface area (TPSA) is 60.2 Å². The molecule has 0 aliphatic rings. The molecule has 0 unspecified atom stereocenters. The first kappa shape index (κ1) is 15.9. The van der Waals surface area contributed by atoms with Crippen molar-refractivity contribution in [1.82, 2.24) is 0 Å². The number of nitro benzene ring substituents is 1. The Bertz CT molecular complexity index is 725. The molecule has 0 saturated carbocycles. The lowest BCUT2D eigenvalue weighted by atomic mass is 9.86. The third-order valence-corrected chi connectivity index (χ3v) is 3.76. The molecule has 0 amide bonds. The van der Waals surface area contributed by atoms with Gasteiger partial charge in [0.25, 0.3) is 5.69 Å². The van der Waals surface area contributed by atoms with E-state index in [4.69, 9.17) is 0 Å². The van der Waals surface area contributed by atoms with Crippen LogP contribution >= 0.6 is 0 Å². The van der Waals surface area contributed by atoms with Crippen molar-refractivity contribution in [3.63, 3.8) is 0 Å². The molecule has 0 spiro atoms. The van der Waals surface area contributed by atoms with E-state index >= 15 is 0 Å². The lowest BCUT2D eigenvalue weighted by Gasteiger charge is -2.19. The summed E-state index contributed by atoms with van der Waals surface area (Å²) in [5, 5.41) is 11.1. The third kappa shape index (κ3) is 3.06. The van der Waals surface area contributed by atoms with Crippen LogP contribution in [0.15, 0.2) is 36.4 Å². The maximum absolute atomic E-state index is 11.1. The Morgan fingerprint density at radius 2 is 1.64 bits per heavy atom. The summed E-state index contributed by atoms with van der Waals surface area (Å²) in [6, 6.07) is 11.2. The van der Waals surface area contributed by atoms with Gasteiger partial charge in [0.05, 0.1) is 10.5 Å². The summed E-state index contributed by atoms with van der Waals surface area (Å²) < 4.78 is 0. The quantitative estimate of drug-likeness (QED) is 0.469. The second kappa shape index (κ2) is 5.72. The number of aldehydes is 1. The zero-order valence-corrected chi connectivity index (χ0v) is 13.2. The number of hydrogen-bond donors (Lipinski definition) is 0. The summed E-state index contributed by atoms with van der Waals surface area (Å²) in [5.74, 6) is 0. The van der Waals surface area contributed by atoms with Crippen LogP contribution in [0.3, 0.4) is 0 Å². The Balaban J connectivity index is 2.54. The second-order valence-electron chi connectivity index (χ2n) is 6.43. The average molecular weight is 297 g/mol. The molecule has 0 aliphatic heterocycles. The standard InChI is InChI=1S/C18H19NO3/c1-12-9-14(10-17(19(21)22)16(12)11-20)13-5-7-15(8-6-13)18(2,3)4/h5-11H,1-4H3. The molecule has 114 valence electrons. The van der Waals surface area contributed by atoms with Gasteiger partial charge in [0.15, 0.2) is 6.29 Å². The molecule has 0 aromatic heterocycles. The van der Waals surface area contributed by atoms with Crippen molar-refractivity contribution < 1.29 is 9.72 Å². The van der Waals surface area contributed by atoms with Gasteiger partial charge in [0.1, 0.15) is 0 Å². The number of hydrogen-bond acceptors (Lipinski definition) is 3. The highest BCUT2D eigenvalue weighted by atomic mass is 16.6. The van der Waals surface area contributed by atoms with E-state index < -0.39 is 4.92 Å². The van der Waals surface area contributed by atoms with Gasteiger partial charge in [0, 0.05) is 6.07 Å². The summed E-state index contributed by atoms with van der Waals surface area (Å²) in [5.41, 5.74) is 3.50. The van der Waals surface area contributed by atoms with Gasteiger partial charge in [-0.1, -0.05) is 51.1 Å². The number of carbonyl (C=O) groups is 1. The van der Waals surface area contributed by atoms with Crippen molar-refractivity contribution in [3.8, 4) is 11.1 Å². The van der Waals surface area contributed by atoms with Gasteiger partial charge in [-0.2, -0.15) is 0 Å². The summed E-state index contributed by atoms with van der Waals surface area (Å²) in [4.78, 5) is 21.7. The molecular weight excluding hydrogens is 278 g/mol. The van der Waals surface area contributed by atoms with Crippen molar-refractivity contribution in [1.29, 1.82) is 0 Å². The smallest absolute Gasteiger partial charge is 0.280 e. The molecule has 0 saturated heterocycles. The lowest BCUT2D eigenvalue weighted by Crippen LogP contribution is -2.10. The molecule has 4 nitrogen and oxygen atoms in total. The van der Waals surface area contributed by atoms with E-state index in [1.807, 2.05) is 30.3 Å². The molecular formula is C18H19NO3. The Morgan fingerprint density at radius 3 is 2.09 bits per heavy atom. The molecule has 0 N–H and O–H groups in total. The van der Waals surface area contributed by atoms with E-state index in [1.54, 1.807) is 6.92 Å². The number of aryl methyl sites for hydroxylation is 1. The normalized spacial score (nSPS) is 11.3. The molecule has 2 aromatic carbocycles. The Hall–Kier alpha value is -2.49. The van der Waals surface area contributed by atoms with Gasteiger partial charge < -0.3 is 0 Å². The van der Waals surface area contributed by atoms with E-state index in [2.05, 4.69) is 20.8 Å². The van der Waals surface area contributed by atoms with E-state index in [-0.39, 0.29) is 16.7 Å². The molecule has 2 aromatic rings. The molecule has 0 heterocycles. The first-order valence-electron chi connectivity index (χ1n) is 7.09. The minimum atomic E-state index is -0.510. The van der Waals surface area contributed by atoms with Gasteiger partial charge >= 0.3 is 0 Å². The van der Waals surface area contributed by atoms with Crippen molar-refractivity contribution >= 4 is 12.0 Å². The molecule has 0 atom stereocenters. The van der Waals surface area contributed by atoms with E-state index in [1.165, 1.54) is 11.6 Å². The summed E-state index contributed by atoms with van der Waals surface area (Å²) >= 11 is 0. The van der Waals surface area contributed by atoms with Crippen molar-refractivity contribution in [2.75, 3.05) is 0 Å². The van der Waals surface area contributed by atoms with E-state index in [0.29, 0.717) is 11.8 Å². The minimum absolute atomic E-state index is 0.0574. The van der Waals surface area contributed by atoms with E-state index in [0.717, 1.165) is 11.1 Å². The largest absolute Gasteiger partial charge is 0.298 e. The summed E-state index contributed by atoms with van der Waals surface area (Å²) in [7, 11) is 0. The monoisotopic (exact) mass is 297 g/mol. The van der Waals surface area contributed by atoms with Gasteiger partial charge in [0.2, 0.25) is 0 Å². The SMILES string of the molecule is Cc1cc(-c2ccc(C(C)(C)C)cc2)cc([N+](=O)[O-])c1C=O. The number of benzene rings is 2. The zero-order valence-electron chi connectivity index (χ0n) is 13.2. The second-order valence-corrected chi connectivity index (χ2v) is 6.43. The maximum Gasteiger partial charge on any atom is 0.280 e. The first-order chi connectivity index (χ1) is 10.2. The number of rotatable bonds is 3. The molecule has 4 heteroatoms. The Labute approximate surface area is 129 Å². The van der Waals surface area contributed by atoms with Crippen LogP contribution in [0, 0.1) is 17.0 Å². The molecule has 0 bridgehead atoms. The van der Waals surface area contributed by atoms with Crippen LogP contribution < -0.4 is 0 Å². The number of carbonyl (C=O) groups excluding carboxylic acids is 1. The highest BCUT2D eigenvalue weighted by molar-refractivity contribution is 5.86. The molecule has 22 heavy (non-hydrogen) atoms. The Morgan fingerprint density at radius 1 is 1.05 bits per heavy atom. The number of nitro groups is 1. The molecule has 0 fully saturated rings. The molecule has 0 radical (unpaired) electrons. The fraction of sp³-hybridized carbons (Fsp3) is 0.278. The van der Waals surface area contributed by atoms with Gasteiger partial charge in [-0.05, 0) is 34.6 Å². The van der Waals surface area contributed by atoms with Crippen molar-refractivity contribution in [2.24, 2.45) is 0 Å². The van der Waals surface area contributed by atoms with Crippen LogP contribution in [0.5, 0.6) is 0 Å². The van der Waals surface area contributed by atoms with Crippen LogP contribution in [0.4, 0.5) is 5.69 Å². The van der Waals surface area contributed by atoms with Crippen LogP contribution in [-0.4, -0.2) is 11.2 Å². The third-order valence-electron chi connectivity index (χ3n) is 3.76. The van der Waals surface area contributed by atoms with Crippen molar-refractivity contribution in [3.05, 3.63) is 63.2 Å². The van der Waals surface area contributed by atoms with E-state index in [9.17, 15) is 14.9 Å². The summed E-state index contributed by atoms with van der Waals surface area (Å²) in [6.07, 6.45) is 0.542. The number of nitrogens with zero attached hydrogens (tertiary/aromatic N) is 1. The maximum atomic E-state index is 11.1. The van der Waals surface area contributed by atoms with Gasteiger partial charge in [-0.15, -0.1) is 0 Å². The van der Waals surface area contributed by atoms with Gasteiger partial charge in [-0.3, -0.25) is 14.9 Å². The molecule has 2 rings (SSSR count). The minimum Gasteiger partial charge on any atom is -0.298 e. The zero-order chi connectivity index (χ0) is 16.5. The van der Waals surface area contributed by atoms with Crippen LogP contribution in [-0.2, 0) is 5.41 Å². The van der Waals surface area contributed by atoms with Crippen LogP contribution in [0.25, 0.3) is 11.1 Å². The van der Waals surface area contributed by atoms with Gasteiger partial charge in [-0.25, -0.2) is 0 Å². The Kier molecular flexibility index (Phi) is 4.13. The predicted octanol–water partition coefficient (Wildman–Crippen LogP) is 4.68. The highest BCUT2D eigenvalue weighted by Gasteiger charge is 2.18.